The highest BCUT2D eigenvalue weighted by atomic mass is 32.2. The van der Waals surface area contributed by atoms with Crippen LogP contribution in [0.1, 0.15) is 17.5 Å². The van der Waals surface area contributed by atoms with Gasteiger partial charge in [0.1, 0.15) is 4.32 Å². The summed E-state index contributed by atoms with van der Waals surface area (Å²) in [5, 5.41) is 11.5. The van der Waals surface area contributed by atoms with Gasteiger partial charge in [-0.3, -0.25) is 19.3 Å². The number of rotatable bonds is 3. The van der Waals surface area contributed by atoms with Crippen molar-refractivity contribution in [3.8, 4) is 0 Å². The van der Waals surface area contributed by atoms with Crippen LogP contribution in [0, 0.1) is 6.92 Å². The summed E-state index contributed by atoms with van der Waals surface area (Å²) in [5.41, 5.74) is 2.61. The van der Waals surface area contributed by atoms with E-state index in [4.69, 9.17) is 17.3 Å². The van der Waals surface area contributed by atoms with Crippen LogP contribution in [0.25, 0.3) is 5.57 Å². The number of aliphatic carboxylic acids is 1. The fraction of sp³-hybridized carbons (Fsp3) is 0.200. The van der Waals surface area contributed by atoms with Gasteiger partial charge in [0.05, 0.1) is 16.9 Å². The average molecular weight is 348 g/mol. The summed E-state index contributed by atoms with van der Waals surface area (Å²) in [4.78, 5) is 37.0. The normalized spacial score (nSPS) is 20.0. The van der Waals surface area contributed by atoms with Crippen molar-refractivity contribution in [3.63, 3.8) is 0 Å². The topological polar surface area (TPSA) is 86.7 Å². The Balaban J connectivity index is 2.01. The Morgan fingerprint density at radius 1 is 1.39 bits per heavy atom. The number of amides is 2. The second-order valence-corrected chi connectivity index (χ2v) is 6.82. The lowest BCUT2D eigenvalue weighted by atomic mass is 10.0. The van der Waals surface area contributed by atoms with Gasteiger partial charge >= 0.3 is 5.97 Å². The van der Waals surface area contributed by atoms with Crippen molar-refractivity contribution in [1.29, 1.82) is 0 Å². The van der Waals surface area contributed by atoms with Crippen molar-refractivity contribution in [2.24, 2.45) is 0 Å². The highest BCUT2D eigenvalue weighted by Gasteiger charge is 2.39. The van der Waals surface area contributed by atoms with E-state index in [9.17, 15) is 14.4 Å². The lowest BCUT2D eigenvalue weighted by molar-refractivity contribution is -0.137. The van der Waals surface area contributed by atoms with E-state index >= 15 is 0 Å². The second kappa shape index (κ2) is 5.78. The summed E-state index contributed by atoms with van der Waals surface area (Å²) in [6, 6.07) is 5.51. The number of carboxylic acid groups (broad SMARTS) is 1. The van der Waals surface area contributed by atoms with Gasteiger partial charge in [0.25, 0.3) is 11.8 Å². The third kappa shape index (κ3) is 2.75. The number of hydrogen-bond acceptors (Lipinski definition) is 5. The van der Waals surface area contributed by atoms with Crippen LogP contribution in [0.5, 0.6) is 0 Å². The lowest BCUT2D eigenvalue weighted by Crippen LogP contribution is -2.30. The first kappa shape index (κ1) is 15.7. The Bertz CT molecular complexity index is 801. The Morgan fingerprint density at radius 3 is 2.83 bits per heavy atom. The number of fused-ring (bicyclic) bond motifs is 1. The van der Waals surface area contributed by atoms with Crippen molar-refractivity contribution in [2.45, 2.75) is 13.3 Å². The molecule has 0 aliphatic carbocycles. The fourth-order valence-electron chi connectivity index (χ4n) is 2.46. The maximum absolute atomic E-state index is 12.5. The summed E-state index contributed by atoms with van der Waals surface area (Å²) in [6.07, 6.45) is -0.197. The number of nitrogens with zero attached hydrogens (tertiary/aromatic N) is 1. The number of hydrogen-bond donors (Lipinski definition) is 2. The molecule has 0 atom stereocenters. The fourth-order valence-corrected chi connectivity index (χ4v) is 3.84. The molecule has 1 aromatic rings. The zero-order valence-electron chi connectivity index (χ0n) is 12.1. The largest absolute Gasteiger partial charge is 0.481 e. The van der Waals surface area contributed by atoms with Crippen LogP contribution in [-0.2, 0) is 14.4 Å². The third-order valence-corrected chi connectivity index (χ3v) is 4.99. The summed E-state index contributed by atoms with van der Waals surface area (Å²) in [7, 11) is 0. The van der Waals surface area contributed by atoms with E-state index in [0.29, 0.717) is 16.8 Å². The molecule has 3 rings (SSSR count). The van der Waals surface area contributed by atoms with Gasteiger partial charge in [-0.2, -0.15) is 0 Å². The van der Waals surface area contributed by atoms with Crippen LogP contribution in [-0.4, -0.2) is 38.7 Å². The smallest absolute Gasteiger partial charge is 0.305 e. The molecule has 2 N–H and O–H groups in total. The van der Waals surface area contributed by atoms with E-state index in [1.165, 1.54) is 4.90 Å². The van der Waals surface area contributed by atoms with E-state index < -0.39 is 11.9 Å². The van der Waals surface area contributed by atoms with E-state index in [1.54, 1.807) is 6.07 Å². The quantitative estimate of drug-likeness (QED) is 0.642. The van der Waals surface area contributed by atoms with E-state index in [1.807, 2.05) is 19.1 Å². The maximum Gasteiger partial charge on any atom is 0.305 e. The standard InChI is InChI=1S/C15H12N2O4S2/c1-7-2-3-9-8(6-7)11(13(20)16-9)12-14(21)17(15(22)23-12)5-4-10(18)19/h2-3,6H,4-5H2,1H3,(H,16,20)(H,18,19)/b12-11+. The molecule has 2 amide bonds. The lowest BCUT2D eigenvalue weighted by Gasteiger charge is -2.12. The minimum atomic E-state index is -1.01. The van der Waals surface area contributed by atoms with E-state index in [2.05, 4.69) is 5.32 Å². The SMILES string of the molecule is Cc1ccc2c(c1)/C(=C1\SC(=S)N(CCC(=O)O)C1=O)C(=O)N2. The number of thiocarbonyl (C=S) groups is 1. The molecule has 118 valence electrons. The van der Waals surface area contributed by atoms with E-state index in [0.717, 1.165) is 17.3 Å². The maximum atomic E-state index is 12.5. The number of aryl methyl sites for hydroxylation is 1. The third-order valence-electron chi connectivity index (χ3n) is 3.55. The Morgan fingerprint density at radius 2 is 2.13 bits per heavy atom. The van der Waals surface area contributed by atoms with Gasteiger partial charge < -0.3 is 10.4 Å². The summed E-state index contributed by atoms with van der Waals surface area (Å²) in [6.45, 7) is 1.90. The number of thioether (sulfide) groups is 1. The molecule has 1 fully saturated rings. The molecule has 2 heterocycles. The van der Waals surface area contributed by atoms with Gasteiger partial charge in [0.15, 0.2) is 0 Å². The number of carbonyl (C=O) groups excluding carboxylic acids is 2. The highest BCUT2D eigenvalue weighted by Crippen LogP contribution is 2.42. The van der Waals surface area contributed by atoms with Gasteiger partial charge in [-0.1, -0.05) is 35.6 Å². The molecule has 1 saturated heterocycles. The zero-order chi connectivity index (χ0) is 16.7. The molecular weight excluding hydrogens is 336 g/mol. The van der Waals surface area contributed by atoms with Crippen LogP contribution in [0.15, 0.2) is 23.1 Å². The zero-order valence-corrected chi connectivity index (χ0v) is 13.7. The monoisotopic (exact) mass is 348 g/mol. The second-order valence-electron chi connectivity index (χ2n) is 5.18. The first-order valence-electron chi connectivity index (χ1n) is 6.80. The summed E-state index contributed by atoms with van der Waals surface area (Å²) in [5.74, 6) is -1.77. The Labute approximate surface area is 141 Å². The highest BCUT2D eigenvalue weighted by molar-refractivity contribution is 8.26. The van der Waals surface area contributed by atoms with Crippen LogP contribution in [0.2, 0.25) is 0 Å². The minimum absolute atomic E-state index is 0.000919. The molecule has 23 heavy (non-hydrogen) atoms. The molecule has 0 aromatic heterocycles. The Kier molecular flexibility index (Phi) is 3.95. The first-order chi connectivity index (χ1) is 10.9. The molecule has 1 aromatic carbocycles. The van der Waals surface area contributed by atoms with Crippen LogP contribution in [0.4, 0.5) is 5.69 Å². The number of nitrogens with one attached hydrogen (secondary N) is 1. The van der Waals surface area contributed by atoms with Gasteiger partial charge in [-0.25, -0.2) is 0 Å². The molecule has 6 nitrogen and oxygen atoms in total. The van der Waals surface area contributed by atoms with Crippen LogP contribution >= 0.6 is 24.0 Å². The van der Waals surface area contributed by atoms with Gasteiger partial charge in [0, 0.05) is 17.8 Å². The number of benzene rings is 1. The van der Waals surface area contributed by atoms with Crippen molar-refractivity contribution in [3.05, 3.63) is 34.2 Å². The first-order valence-corrected chi connectivity index (χ1v) is 8.03. The Hall–Kier alpha value is -2.19. The molecule has 2 aliphatic rings. The molecular formula is C15H12N2O4S2. The van der Waals surface area contributed by atoms with Crippen molar-refractivity contribution in [1.82, 2.24) is 4.90 Å². The van der Waals surface area contributed by atoms with Crippen molar-refractivity contribution in [2.75, 3.05) is 11.9 Å². The minimum Gasteiger partial charge on any atom is -0.481 e. The van der Waals surface area contributed by atoms with Crippen molar-refractivity contribution < 1.29 is 19.5 Å². The van der Waals surface area contributed by atoms with Crippen molar-refractivity contribution >= 4 is 57.3 Å². The summed E-state index contributed by atoms with van der Waals surface area (Å²) < 4.78 is 0.271. The van der Waals surface area contributed by atoms with Gasteiger partial charge in [0.2, 0.25) is 0 Å². The number of carbonyl (C=O) groups is 3. The van der Waals surface area contributed by atoms with Crippen LogP contribution < -0.4 is 5.32 Å². The molecule has 0 spiro atoms. The summed E-state index contributed by atoms with van der Waals surface area (Å²) >= 11 is 6.19. The van der Waals surface area contributed by atoms with Crippen LogP contribution in [0.3, 0.4) is 0 Å². The van der Waals surface area contributed by atoms with Gasteiger partial charge in [-0.05, 0) is 19.1 Å². The predicted octanol–water partition coefficient (Wildman–Crippen LogP) is 1.99. The number of carboxylic acids is 1. The molecule has 0 bridgehead atoms. The average Bonchev–Trinajstić information content (AvgIpc) is 2.93. The number of anilines is 1. The molecule has 0 radical (unpaired) electrons. The molecule has 0 unspecified atom stereocenters. The molecule has 8 heteroatoms. The van der Waals surface area contributed by atoms with E-state index in [-0.39, 0.29) is 28.1 Å². The molecule has 0 saturated carbocycles. The predicted molar refractivity (Wildman–Crippen MR) is 90.9 cm³/mol. The molecule has 2 aliphatic heterocycles. The van der Waals surface area contributed by atoms with Gasteiger partial charge in [-0.15, -0.1) is 0 Å².